The third-order valence-electron chi connectivity index (χ3n) is 4.65. The second-order valence-electron chi connectivity index (χ2n) is 6.80. The molecule has 2 aromatic carbocycles. The summed E-state index contributed by atoms with van der Waals surface area (Å²) in [4.78, 5) is 26.1. The first kappa shape index (κ1) is 20.5. The maximum Gasteiger partial charge on any atom is 0.417 e. The van der Waals surface area contributed by atoms with Crippen LogP contribution >= 0.6 is 0 Å². The molecule has 0 aliphatic carbocycles. The number of nitrogens with zero attached hydrogens (tertiary/aromatic N) is 1. The molecule has 0 saturated carbocycles. The molecule has 4 nitrogen and oxygen atoms in total. The molecular weight excluding hydrogens is 381 g/mol. The van der Waals surface area contributed by atoms with Crippen molar-refractivity contribution in [3.8, 4) is 11.8 Å². The van der Waals surface area contributed by atoms with Gasteiger partial charge >= 0.3 is 6.18 Å². The zero-order valence-electron chi connectivity index (χ0n) is 15.7. The number of carbonyl (C=O) groups is 2. The molecule has 2 amide bonds. The highest BCUT2D eigenvalue weighted by Crippen LogP contribution is 2.31. The first-order chi connectivity index (χ1) is 13.8. The van der Waals surface area contributed by atoms with Gasteiger partial charge in [0, 0.05) is 24.2 Å². The molecule has 2 aromatic rings. The average molecular weight is 400 g/mol. The fourth-order valence-electron chi connectivity index (χ4n) is 3.11. The Morgan fingerprint density at radius 1 is 1.17 bits per heavy atom. The first-order valence-electron chi connectivity index (χ1n) is 9.05. The van der Waals surface area contributed by atoms with Gasteiger partial charge in [-0.25, -0.2) is 0 Å². The van der Waals surface area contributed by atoms with E-state index < -0.39 is 17.7 Å². The highest BCUT2D eigenvalue weighted by Gasteiger charge is 2.35. The number of aryl methyl sites for hydroxylation is 1. The lowest BCUT2D eigenvalue weighted by molar-refractivity contribution is -0.137. The minimum atomic E-state index is -4.49. The molecule has 0 spiro atoms. The standard InChI is InChI=1S/C22H19F3N2O2/c1-15-8-10-18(11-9-15)27-14-17(13-20(27)28)21(29)26-12-4-6-16-5-2-3-7-19(16)22(23,24)25/h2-3,5,7-11,17H,12-14H2,1H3,(H,26,29). The molecule has 7 heteroatoms. The number of halogens is 3. The van der Waals surface area contributed by atoms with Crippen LogP contribution in [-0.2, 0) is 15.8 Å². The number of alkyl halides is 3. The number of nitrogens with one attached hydrogen (secondary N) is 1. The second-order valence-corrected chi connectivity index (χ2v) is 6.80. The SMILES string of the molecule is Cc1ccc(N2CC(C(=O)NCC#Cc3ccccc3C(F)(F)F)CC2=O)cc1. The van der Waals surface area contributed by atoms with Crippen LogP contribution < -0.4 is 10.2 Å². The summed E-state index contributed by atoms with van der Waals surface area (Å²) in [6.07, 6.45) is -4.40. The number of hydrogen-bond acceptors (Lipinski definition) is 2. The Kier molecular flexibility index (Phi) is 5.92. The Balaban J connectivity index is 1.58. The molecular formula is C22H19F3N2O2. The predicted octanol–water partition coefficient (Wildman–Crippen LogP) is 3.53. The summed E-state index contributed by atoms with van der Waals surface area (Å²) in [6, 6.07) is 12.5. The number of rotatable bonds is 3. The Morgan fingerprint density at radius 2 is 1.86 bits per heavy atom. The van der Waals surface area contributed by atoms with Crippen molar-refractivity contribution >= 4 is 17.5 Å². The highest BCUT2D eigenvalue weighted by molar-refractivity contribution is 6.00. The van der Waals surface area contributed by atoms with Crippen molar-refractivity contribution in [2.24, 2.45) is 5.92 Å². The number of carbonyl (C=O) groups excluding carboxylic acids is 2. The normalized spacial score (nSPS) is 16.3. The summed E-state index contributed by atoms with van der Waals surface area (Å²) in [5, 5.41) is 2.58. The fourth-order valence-corrected chi connectivity index (χ4v) is 3.11. The van der Waals surface area contributed by atoms with Gasteiger partial charge < -0.3 is 10.2 Å². The van der Waals surface area contributed by atoms with E-state index in [0.717, 1.165) is 17.3 Å². The van der Waals surface area contributed by atoms with Gasteiger partial charge in [0.2, 0.25) is 11.8 Å². The van der Waals surface area contributed by atoms with E-state index in [2.05, 4.69) is 17.2 Å². The molecule has 1 fully saturated rings. The van der Waals surface area contributed by atoms with Gasteiger partial charge in [0.1, 0.15) is 0 Å². The number of anilines is 1. The van der Waals surface area contributed by atoms with Crippen LogP contribution in [0, 0.1) is 24.7 Å². The van der Waals surface area contributed by atoms with E-state index in [0.29, 0.717) is 0 Å². The molecule has 3 rings (SSSR count). The fraction of sp³-hybridized carbons (Fsp3) is 0.273. The lowest BCUT2D eigenvalue weighted by Crippen LogP contribution is -2.33. The molecule has 1 saturated heterocycles. The lowest BCUT2D eigenvalue weighted by Gasteiger charge is -2.16. The van der Waals surface area contributed by atoms with E-state index in [9.17, 15) is 22.8 Å². The molecule has 29 heavy (non-hydrogen) atoms. The minimum Gasteiger partial charge on any atom is -0.345 e. The van der Waals surface area contributed by atoms with Gasteiger partial charge in [-0.15, -0.1) is 0 Å². The maximum absolute atomic E-state index is 13.0. The molecule has 0 bridgehead atoms. The Hall–Kier alpha value is -3.27. The molecule has 0 radical (unpaired) electrons. The third-order valence-corrected chi connectivity index (χ3v) is 4.65. The largest absolute Gasteiger partial charge is 0.417 e. The van der Waals surface area contributed by atoms with Crippen molar-refractivity contribution in [2.45, 2.75) is 19.5 Å². The number of amides is 2. The summed E-state index contributed by atoms with van der Waals surface area (Å²) in [6.45, 7) is 2.11. The van der Waals surface area contributed by atoms with Crippen LogP contribution in [0.4, 0.5) is 18.9 Å². The van der Waals surface area contributed by atoms with Crippen LogP contribution in [0.1, 0.15) is 23.1 Å². The van der Waals surface area contributed by atoms with Gasteiger partial charge in [-0.2, -0.15) is 13.2 Å². The van der Waals surface area contributed by atoms with E-state index in [1.165, 1.54) is 18.2 Å². The Morgan fingerprint density at radius 3 is 2.55 bits per heavy atom. The van der Waals surface area contributed by atoms with Crippen molar-refractivity contribution in [1.82, 2.24) is 5.32 Å². The Labute approximate surface area is 166 Å². The lowest BCUT2D eigenvalue weighted by atomic mass is 10.1. The quantitative estimate of drug-likeness (QED) is 0.802. The van der Waals surface area contributed by atoms with Gasteiger partial charge in [-0.05, 0) is 31.2 Å². The van der Waals surface area contributed by atoms with Crippen molar-refractivity contribution in [3.05, 3.63) is 65.2 Å². The molecule has 1 aliphatic heterocycles. The van der Waals surface area contributed by atoms with Crippen LogP contribution in [-0.4, -0.2) is 24.9 Å². The molecule has 1 atom stereocenters. The van der Waals surface area contributed by atoms with Gasteiger partial charge in [-0.1, -0.05) is 41.7 Å². The summed E-state index contributed by atoms with van der Waals surface area (Å²) < 4.78 is 38.9. The smallest absolute Gasteiger partial charge is 0.345 e. The predicted molar refractivity (Wildman–Crippen MR) is 103 cm³/mol. The van der Waals surface area contributed by atoms with E-state index in [1.54, 1.807) is 4.90 Å². The van der Waals surface area contributed by atoms with Crippen molar-refractivity contribution in [2.75, 3.05) is 18.0 Å². The van der Waals surface area contributed by atoms with Crippen LogP contribution in [0.3, 0.4) is 0 Å². The van der Waals surface area contributed by atoms with Gasteiger partial charge in [0.15, 0.2) is 0 Å². The van der Waals surface area contributed by atoms with E-state index in [1.807, 2.05) is 31.2 Å². The summed E-state index contributed by atoms with van der Waals surface area (Å²) >= 11 is 0. The van der Waals surface area contributed by atoms with Crippen LogP contribution in [0.5, 0.6) is 0 Å². The second kappa shape index (κ2) is 8.39. The topological polar surface area (TPSA) is 49.4 Å². The zero-order chi connectivity index (χ0) is 21.0. The van der Waals surface area contributed by atoms with Crippen molar-refractivity contribution in [1.29, 1.82) is 0 Å². The highest BCUT2D eigenvalue weighted by atomic mass is 19.4. The van der Waals surface area contributed by atoms with E-state index in [4.69, 9.17) is 0 Å². The van der Waals surface area contributed by atoms with Gasteiger partial charge in [0.05, 0.1) is 18.0 Å². The Bertz CT molecular complexity index is 972. The van der Waals surface area contributed by atoms with Gasteiger partial charge in [0.25, 0.3) is 0 Å². The van der Waals surface area contributed by atoms with Crippen LogP contribution in [0.25, 0.3) is 0 Å². The van der Waals surface area contributed by atoms with Crippen molar-refractivity contribution in [3.63, 3.8) is 0 Å². The molecule has 1 N–H and O–H groups in total. The first-order valence-corrected chi connectivity index (χ1v) is 9.05. The van der Waals surface area contributed by atoms with Crippen molar-refractivity contribution < 1.29 is 22.8 Å². The van der Waals surface area contributed by atoms with E-state index in [-0.39, 0.29) is 36.9 Å². The van der Waals surface area contributed by atoms with Gasteiger partial charge in [-0.3, -0.25) is 9.59 Å². The van der Waals surface area contributed by atoms with Crippen LogP contribution in [0.2, 0.25) is 0 Å². The minimum absolute atomic E-state index is 0.0873. The van der Waals surface area contributed by atoms with Crippen LogP contribution in [0.15, 0.2) is 48.5 Å². The maximum atomic E-state index is 13.0. The molecule has 1 heterocycles. The molecule has 1 aliphatic rings. The monoisotopic (exact) mass is 400 g/mol. The molecule has 150 valence electrons. The van der Waals surface area contributed by atoms with E-state index >= 15 is 0 Å². The summed E-state index contributed by atoms with van der Waals surface area (Å²) in [7, 11) is 0. The molecule has 0 aromatic heterocycles. The number of hydrogen-bond donors (Lipinski definition) is 1. The number of benzene rings is 2. The third kappa shape index (κ3) is 4.96. The average Bonchev–Trinajstić information content (AvgIpc) is 3.07. The zero-order valence-corrected chi connectivity index (χ0v) is 15.7. The summed E-state index contributed by atoms with van der Waals surface area (Å²) in [5.74, 6) is 4.00. The molecule has 1 unspecified atom stereocenters. The summed E-state index contributed by atoms with van der Waals surface area (Å²) in [5.41, 5.74) is 0.851.